The molecule has 1 N–H and O–H groups in total. The van der Waals surface area contributed by atoms with E-state index in [0.29, 0.717) is 47.2 Å². The normalized spacial score (nSPS) is 16.5. The van der Waals surface area contributed by atoms with E-state index in [1.165, 1.54) is 0 Å². The van der Waals surface area contributed by atoms with Gasteiger partial charge < -0.3 is 15.0 Å². The van der Waals surface area contributed by atoms with Crippen molar-refractivity contribution in [3.63, 3.8) is 0 Å². The number of hydrogen-bond donors (Lipinski definition) is 1. The van der Waals surface area contributed by atoms with Crippen LogP contribution in [0.4, 0.5) is 5.69 Å². The zero-order valence-corrected chi connectivity index (χ0v) is 17.4. The van der Waals surface area contributed by atoms with Crippen molar-refractivity contribution >= 4 is 29.1 Å². The average Bonchev–Trinajstić information content (AvgIpc) is 3.11. The number of ether oxygens (including phenoxy) is 1. The summed E-state index contributed by atoms with van der Waals surface area (Å²) in [6.45, 7) is 3.15. The van der Waals surface area contributed by atoms with Crippen molar-refractivity contribution in [3.05, 3.63) is 34.6 Å². The van der Waals surface area contributed by atoms with Crippen molar-refractivity contribution in [1.82, 2.24) is 15.2 Å². The van der Waals surface area contributed by atoms with Gasteiger partial charge in [-0.25, -0.2) is 4.63 Å². The third-order valence-corrected chi connectivity index (χ3v) is 5.39. The number of hydrogen-bond acceptors (Lipinski definition) is 6. The summed E-state index contributed by atoms with van der Waals surface area (Å²) in [5.41, 5.74) is 1.77. The molecule has 0 aliphatic carbocycles. The zero-order valence-electron chi connectivity index (χ0n) is 16.6. The summed E-state index contributed by atoms with van der Waals surface area (Å²) in [4.78, 5) is 26.8. The fourth-order valence-corrected chi connectivity index (χ4v) is 3.69. The summed E-state index contributed by atoms with van der Waals surface area (Å²) in [6, 6.07) is 5.09. The lowest BCUT2D eigenvalue weighted by Crippen LogP contribution is -2.41. The quantitative estimate of drug-likeness (QED) is 0.738. The van der Waals surface area contributed by atoms with E-state index >= 15 is 0 Å². The molecule has 29 heavy (non-hydrogen) atoms. The van der Waals surface area contributed by atoms with Crippen molar-refractivity contribution in [3.8, 4) is 5.75 Å². The van der Waals surface area contributed by atoms with Gasteiger partial charge in [0.1, 0.15) is 17.1 Å². The Hall–Kier alpha value is -2.61. The number of aromatic nitrogens is 2. The molecule has 1 aliphatic heterocycles. The highest BCUT2D eigenvalue weighted by Crippen LogP contribution is 2.28. The van der Waals surface area contributed by atoms with E-state index in [1.807, 2.05) is 4.90 Å². The number of likely N-dealkylation sites (tertiary alicyclic amines) is 1. The predicted octanol–water partition coefficient (Wildman–Crippen LogP) is 3.24. The fourth-order valence-electron chi connectivity index (χ4n) is 3.52. The summed E-state index contributed by atoms with van der Waals surface area (Å²) < 4.78 is 9.91. The van der Waals surface area contributed by atoms with Gasteiger partial charge in [-0.05, 0) is 50.3 Å². The average molecular weight is 421 g/mol. The van der Waals surface area contributed by atoms with Crippen LogP contribution in [0.25, 0.3) is 0 Å². The number of amides is 2. The first-order chi connectivity index (χ1) is 14.0. The summed E-state index contributed by atoms with van der Waals surface area (Å²) in [7, 11) is 1.54. The largest absolute Gasteiger partial charge is 0.495 e. The van der Waals surface area contributed by atoms with Gasteiger partial charge in [0.15, 0.2) is 0 Å². The van der Waals surface area contributed by atoms with Gasteiger partial charge in [0.25, 0.3) is 0 Å². The highest BCUT2D eigenvalue weighted by molar-refractivity contribution is 6.31. The maximum atomic E-state index is 12.6. The lowest BCUT2D eigenvalue weighted by molar-refractivity contribution is -0.132. The number of rotatable bonds is 7. The zero-order chi connectivity index (χ0) is 20.8. The molecule has 3 rings (SSSR count). The molecule has 2 aromatic rings. The summed E-state index contributed by atoms with van der Waals surface area (Å²) in [5, 5.41) is 10.9. The number of piperidine rings is 1. The smallest absolute Gasteiger partial charge is 0.228 e. The molecule has 1 saturated heterocycles. The second kappa shape index (κ2) is 9.73. The Labute approximate surface area is 174 Å². The van der Waals surface area contributed by atoms with Gasteiger partial charge in [0, 0.05) is 24.5 Å². The molecular weight excluding hydrogens is 396 g/mol. The summed E-state index contributed by atoms with van der Waals surface area (Å²) in [6.07, 6.45) is 3.20. The molecular formula is C20H25ClN4O4. The molecule has 0 spiro atoms. The van der Waals surface area contributed by atoms with Crippen LogP contribution in [0.15, 0.2) is 22.8 Å². The number of aryl methyl sites for hydroxylation is 1. The van der Waals surface area contributed by atoms with E-state index in [0.717, 1.165) is 19.4 Å². The van der Waals surface area contributed by atoms with Gasteiger partial charge in [-0.3, -0.25) is 9.59 Å². The van der Waals surface area contributed by atoms with Crippen LogP contribution in [0.5, 0.6) is 5.75 Å². The Morgan fingerprint density at radius 2 is 2.21 bits per heavy atom. The minimum absolute atomic E-state index is 0.0154. The van der Waals surface area contributed by atoms with Crippen molar-refractivity contribution in [2.75, 3.05) is 25.5 Å². The maximum absolute atomic E-state index is 12.6. The third kappa shape index (κ3) is 5.69. The van der Waals surface area contributed by atoms with Crippen LogP contribution in [0.2, 0.25) is 5.02 Å². The highest BCUT2D eigenvalue weighted by Gasteiger charge is 2.25. The summed E-state index contributed by atoms with van der Waals surface area (Å²) in [5.74, 6) is 0.769. The van der Waals surface area contributed by atoms with E-state index in [9.17, 15) is 9.59 Å². The molecule has 1 aromatic carbocycles. The number of nitrogens with zero attached hydrogens (tertiary/aromatic N) is 3. The number of halogens is 1. The van der Waals surface area contributed by atoms with Crippen LogP contribution < -0.4 is 10.1 Å². The van der Waals surface area contributed by atoms with Crippen LogP contribution in [-0.2, 0) is 16.0 Å². The molecule has 156 valence electrons. The first-order valence-corrected chi connectivity index (χ1v) is 10.0. The second-order valence-electron chi connectivity index (χ2n) is 7.25. The minimum atomic E-state index is -0.0988. The van der Waals surface area contributed by atoms with Crippen molar-refractivity contribution in [1.29, 1.82) is 0 Å². The number of carbonyl (C=O) groups excluding carboxylic acids is 2. The first kappa shape index (κ1) is 21.1. The molecule has 0 bridgehead atoms. The lowest BCUT2D eigenvalue weighted by atomic mass is 9.93. The molecule has 0 unspecified atom stereocenters. The summed E-state index contributed by atoms with van der Waals surface area (Å²) >= 11 is 6.00. The molecule has 2 heterocycles. The topological polar surface area (TPSA) is 97.6 Å². The molecule has 1 aliphatic rings. The lowest BCUT2D eigenvalue weighted by Gasteiger charge is -2.32. The Balaban J connectivity index is 1.49. The molecule has 9 heteroatoms. The molecule has 1 atom stereocenters. The van der Waals surface area contributed by atoms with Crippen molar-refractivity contribution in [2.24, 2.45) is 5.92 Å². The second-order valence-corrected chi connectivity index (χ2v) is 7.69. The van der Waals surface area contributed by atoms with Gasteiger partial charge in [-0.2, -0.15) is 0 Å². The van der Waals surface area contributed by atoms with Gasteiger partial charge >= 0.3 is 0 Å². The Morgan fingerprint density at radius 1 is 1.38 bits per heavy atom. The van der Waals surface area contributed by atoms with Crippen molar-refractivity contribution < 1.29 is 19.0 Å². The molecule has 1 aromatic heterocycles. The van der Waals surface area contributed by atoms with Crippen LogP contribution in [0.1, 0.15) is 37.1 Å². The van der Waals surface area contributed by atoms with E-state index in [-0.39, 0.29) is 24.2 Å². The van der Waals surface area contributed by atoms with E-state index in [2.05, 4.69) is 20.3 Å². The Morgan fingerprint density at radius 3 is 2.93 bits per heavy atom. The fraction of sp³-hybridized carbons (Fsp3) is 0.500. The number of nitrogens with one attached hydrogen (secondary N) is 1. The van der Waals surface area contributed by atoms with Crippen LogP contribution >= 0.6 is 11.6 Å². The predicted molar refractivity (Wildman–Crippen MR) is 108 cm³/mol. The third-order valence-electron chi connectivity index (χ3n) is 5.15. The van der Waals surface area contributed by atoms with Gasteiger partial charge in [-0.15, -0.1) is 0 Å². The molecule has 1 fully saturated rings. The number of benzene rings is 1. The van der Waals surface area contributed by atoms with Gasteiger partial charge in [0.2, 0.25) is 11.8 Å². The first-order valence-electron chi connectivity index (χ1n) is 9.65. The van der Waals surface area contributed by atoms with E-state index in [1.54, 1.807) is 32.2 Å². The minimum Gasteiger partial charge on any atom is -0.495 e. The highest BCUT2D eigenvalue weighted by atomic mass is 35.5. The molecule has 8 nitrogen and oxygen atoms in total. The Kier molecular flexibility index (Phi) is 7.09. The Bertz CT molecular complexity index is 870. The number of anilines is 1. The standard InChI is InChI=1S/C20H25ClN4O4/c1-13-16(24-29-23-13)11-20(27)25-9-3-4-14(12-25)5-8-19(26)22-17-10-15(21)6-7-18(17)28-2/h6-7,10,14H,3-5,8-9,11-12H2,1-2H3,(H,22,26)/t14-/m0/s1. The van der Waals surface area contributed by atoms with Crippen LogP contribution in [0.3, 0.4) is 0 Å². The molecule has 0 radical (unpaired) electrons. The van der Waals surface area contributed by atoms with Gasteiger partial charge in [0.05, 0.1) is 19.2 Å². The number of methoxy groups -OCH3 is 1. The monoisotopic (exact) mass is 420 g/mol. The SMILES string of the molecule is COc1ccc(Cl)cc1NC(=O)CC[C@@H]1CCCN(C(=O)Cc2nonc2C)C1. The van der Waals surface area contributed by atoms with Crippen LogP contribution in [0, 0.1) is 12.8 Å². The van der Waals surface area contributed by atoms with Crippen LogP contribution in [-0.4, -0.2) is 47.2 Å². The van der Waals surface area contributed by atoms with E-state index < -0.39 is 0 Å². The molecule has 2 amide bonds. The number of carbonyl (C=O) groups is 2. The van der Waals surface area contributed by atoms with Gasteiger partial charge in [-0.1, -0.05) is 21.9 Å². The molecule has 0 saturated carbocycles. The maximum Gasteiger partial charge on any atom is 0.228 e. The van der Waals surface area contributed by atoms with E-state index in [4.69, 9.17) is 16.3 Å². The van der Waals surface area contributed by atoms with Crippen molar-refractivity contribution in [2.45, 2.75) is 39.0 Å².